The number of anilines is 1. The van der Waals surface area contributed by atoms with Gasteiger partial charge in [-0.1, -0.05) is 13.0 Å². The number of hydrogen-bond acceptors (Lipinski definition) is 2. The second-order valence-electron chi connectivity index (χ2n) is 5.48. The highest BCUT2D eigenvalue weighted by molar-refractivity contribution is 5.91. The van der Waals surface area contributed by atoms with Crippen molar-refractivity contribution < 1.29 is 0 Å². The third kappa shape index (κ3) is 2.33. The van der Waals surface area contributed by atoms with E-state index < -0.39 is 0 Å². The molecule has 1 heterocycles. The average molecular weight is 240 g/mol. The minimum absolute atomic E-state index is 0.631. The molecule has 0 bridgehead atoms. The van der Waals surface area contributed by atoms with E-state index >= 15 is 0 Å². The molecule has 1 aromatic heterocycles. The number of benzene rings is 1. The monoisotopic (exact) mass is 240 g/mol. The Kier molecular flexibility index (Phi) is 3.18. The molecule has 0 amide bonds. The number of fused-ring (bicyclic) bond motifs is 1. The van der Waals surface area contributed by atoms with Crippen LogP contribution in [0.15, 0.2) is 36.5 Å². The average Bonchev–Trinajstić information content (AvgIpc) is 2.42. The summed E-state index contributed by atoms with van der Waals surface area (Å²) in [5.74, 6) is 0.900. The van der Waals surface area contributed by atoms with Crippen LogP contribution in [0.5, 0.6) is 0 Å². The van der Waals surface area contributed by atoms with E-state index in [1.807, 2.05) is 12.3 Å². The second kappa shape index (κ2) is 4.97. The molecule has 0 unspecified atom stereocenters. The molecular weight excluding hydrogens is 220 g/mol. The quantitative estimate of drug-likeness (QED) is 0.850. The summed E-state index contributed by atoms with van der Waals surface area (Å²) in [6.07, 6.45) is 7.13. The SMILES string of the molecule is CC1CCC(Nc2cccc3ncccc23)CC1. The molecule has 3 rings (SSSR count). The summed E-state index contributed by atoms with van der Waals surface area (Å²) in [4.78, 5) is 4.41. The van der Waals surface area contributed by atoms with Crippen LogP contribution < -0.4 is 5.32 Å². The first kappa shape index (κ1) is 11.5. The van der Waals surface area contributed by atoms with Crippen LogP contribution in [0, 0.1) is 5.92 Å². The first-order chi connectivity index (χ1) is 8.83. The third-order valence-electron chi connectivity index (χ3n) is 4.02. The smallest absolute Gasteiger partial charge is 0.0722 e. The van der Waals surface area contributed by atoms with Crippen LogP contribution in [-0.2, 0) is 0 Å². The Morgan fingerprint density at radius 3 is 2.72 bits per heavy atom. The van der Waals surface area contributed by atoms with E-state index in [0.29, 0.717) is 6.04 Å². The van der Waals surface area contributed by atoms with Crippen molar-refractivity contribution >= 4 is 16.6 Å². The number of nitrogens with zero attached hydrogens (tertiary/aromatic N) is 1. The summed E-state index contributed by atoms with van der Waals surface area (Å²) >= 11 is 0. The Morgan fingerprint density at radius 1 is 1.06 bits per heavy atom. The molecule has 0 atom stereocenters. The molecule has 2 heteroatoms. The van der Waals surface area contributed by atoms with Gasteiger partial charge in [-0.3, -0.25) is 4.98 Å². The highest BCUT2D eigenvalue weighted by Gasteiger charge is 2.18. The van der Waals surface area contributed by atoms with Crippen LogP contribution in [0.2, 0.25) is 0 Å². The minimum atomic E-state index is 0.631. The van der Waals surface area contributed by atoms with Crippen molar-refractivity contribution in [2.24, 2.45) is 5.92 Å². The zero-order chi connectivity index (χ0) is 12.4. The largest absolute Gasteiger partial charge is 0.382 e. The lowest BCUT2D eigenvalue weighted by atomic mass is 9.87. The van der Waals surface area contributed by atoms with Crippen molar-refractivity contribution in [2.45, 2.75) is 38.6 Å². The molecule has 0 aliphatic heterocycles. The highest BCUT2D eigenvalue weighted by atomic mass is 14.9. The molecule has 0 saturated heterocycles. The number of nitrogens with one attached hydrogen (secondary N) is 1. The van der Waals surface area contributed by atoms with Gasteiger partial charge in [0, 0.05) is 23.3 Å². The molecule has 0 radical (unpaired) electrons. The van der Waals surface area contributed by atoms with Crippen molar-refractivity contribution in [3.05, 3.63) is 36.5 Å². The van der Waals surface area contributed by atoms with Crippen LogP contribution in [0.3, 0.4) is 0 Å². The second-order valence-corrected chi connectivity index (χ2v) is 5.48. The van der Waals surface area contributed by atoms with E-state index in [2.05, 4.69) is 41.5 Å². The van der Waals surface area contributed by atoms with E-state index in [0.717, 1.165) is 11.4 Å². The lowest BCUT2D eigenvalue weighted by Gasteiger charge is -2.28. The summed E-state index contributed by atoms with van der Waals surface area (Å²) < 4.78 is 0. The van der Waals surface area contributed by atoms with Crippen LogP contribution in [-0.4, -0.2) is 11.0 Å². The van der Waals surface area contributed by atoms with Crippen molar-refractivity contribution in [2.75, 3.05) is 5.32 Å². The van der Waals surface area contributed by atoms with Crippen LogP contribution in [0.4, 0.5) is 5.69 Å². The molecule has 1 aliphatic carbocycles. The number of hydrogen-bond donors (Lipinski definition) is 1. The summed E-state index contributed by atoms with van der Waals surface area (Å²) in [6.45, 7) is 2.36. The van der Waals surface area contributed by atoms with E-state index in [4.69, 9.17) is 0 Å². The van der Waals surface area contributed by atoms with Crippen molar-refractivity contribution in [3.8, 4) is 0 Å². The number of pyridine rings is 1. The van der Waals surface area contributed by atoms with Crippen molar-refractivity contribution in [1.82, 2.24) is 4.98 Å². The summed E-state index contributed by atoms with van der Waals surface area (Å²) in [5.41, 5.74) is 2.31. The Balaban J connectivity index is 1.82. The molecule has 94 valence electrons. The standard InChI is InChI=1S/C16H20N2/c1-12-7-9-13(10-8-12)18-16-6-2-5-15-14(16)4-3-11-17-15/h2-6,11-13,18H,7-10H2,1H3. The van der Waals surface area contributed by atoms with Gasteiger partial charge < -0.3 is 5.32 Å². The number of rotatable bonds is 2. The van der Waals surface area contributed by atoms with Gasteiger partial charge in [0.1, 0.15) is 0 Å². The molecule has 1 aromatic carbocycles. The first-order valence-electron chi connectivity index (χ1n) is 6.93. The fraction of sp³-hybridized carbons (Fsp3) is 0.438. The van der Waals surface area contributed by atoms with E-state index in [1.165, 1.54) is 36.8 Å². The fourth-order valence-electron chi connectivity index (χ4n) is 2.85. The molecule has 0 spiro atoms. The van der Waals surface area contributed by atoms with Crippen LogP contribution >= 0.6 is 0 Å². The van der Waals surface area contributed by atoms with Gasteiger partial charge in [-0.05, 0) is 55.9 Å². The highest BCUT2D eigenvalue weighted by Crippen LogP contribution is 2.28. The Hall–Kier alpha value is -1.57. The predicted octanol–water partition coefficient (Wildman–Crippen LogP) is 4.23. The van der Waals surface area contributed by atoms with Gasteiger partial charge in [0.25, 0.3) is 0 Å². The van der Waals surface area contributed by atoms with Crippen LogP contribution in [0.25, 0.3) is 10.9 Å². The van der Waals surface area contributed by atoms with Gasteiger partial charge in [-0.2, -0.15) is 0 Å². The van der Waals surface area contributed by atoms with Gasteiger partial charge in [-0.15, -0.1) is 0 Å². The molecule has 1 fully saturated rings. The number of aromatic nitrogens is 1. The van der Waals surface area contributed by atoms with Gasteiger partial charge in [0.05, 0.1) is 5.52 Å². The maximum atomic E-state index is 4.41. The predicted molar refractivity (Wildman–Crippen MR) is 76.8 cm³/mol. The molecule has 2 nitrogen and oxygen atoms in total. The molecule has 1 saturated carbocycles. The molecule has 1 aliphatic rings. The zero-order valence-corrected chi connectivity index (χ0v) is 10.9. The van der Waals surface area contributed by atoms with E-state index in [1.54, 1.807) is 0 Å². The third-order valence-corrected chi connectivity index (χ3v) is 4.02. The normalized spacial score (nSPS) is 24.1. The molecule has 18 heavy (non-hydrogen) atoms. The Labute approximate surface area is 108 Å². The summed E-state index contributed by atoms with van der Waals surface area (Å²) in [5, 5.41) is 4.94. The summed E-state index contributed by atoms with van der Waals surface area (Å²) in [7, 11) is 0. The van der Waals surface area contributed by atoms with Gasteiger partial charge in [-0.25, -0.2) is 0 Å². The molecular formula is C16H20N2. The Bertz CT molecular complexity index is 522. The van der Waals surface area contributed by atoms with Gasteiger partial charge in [0.15, 0.2) is 0 Å². The van der Waals surface area contributed by atoms with Crippen LogP contribution in [0.1, 0.15) is 32.6 Å². The van der Waals surface area contributed by atoms with Gasteiger partial charge in [0.2, 0.25) is 0 Å². The Morgan fingerprint density at radius 2 is 1.89 bits per heavy atom. The molecule has 1 N–H and O–H groups in total. The maximum absolute atomic E-state index is 4.41. The topological polar surface area (TPSA) is 24.9 Å². The molecule has 2 aromatic rings. The van der Waals surface area contributed by atoms with Crippen molar-refractivity contribution in [3.63, 3.8) is 0 Å². The van der Waals surface area contributed by atoms with E-state index in [9.17, 15) is 0 Å². The first-order valence-corrected chi connectivity index (χ1v) is 6.93. The van der Waals surface area contributed by atoms with Crippen molar-refractivity contribution in [1.29, 1.82) is 0 Å². The van der Waals surface area contributed by atoms with Gasteiger partial charge >= 0.3 is 0 Å². The summed E-state index contributed by atoms with van der Waals surface area (Å²) in [6, 6.07) is 11.1. The van der Waals surface area contributed by atoms with E-state index in [-0.39, 0.29) is 0 Å². The lowest BCUT2D eigenvalue weighted by Crippen LogP contribution is -2.25. The fourth-order valence-corrected chi connectivity index (χ4v) is 2.85. The lowest BCUT2D eigenvalue weighted by molar-refractivity contribution is 0.361. The minimum Gasteiger partial charge on any atom is -0.382 e. The zero-order valence-electron chi connectivity index (χ0n) is 10.9. The maximum Gasteiger partial charge on any atom is 0.0722 e.